The Balaban J connectivity index is 1.23. The number of likely N-dealkylation sites (N-methyl/N-ethyl adjacent to an activating group) is 1. The molecule has 1 fully saturated rings. The van der Waals surface area contributed by atoms with E-state index < -0.39 is 36.4 Å². The highest BCUT2D eigenvalue weighted by Crippen LogP contribution is 2.32. The van der Waals surface area contributed by atoms with Crippen LogP contribution in [0, 0.1) is 5.82 Å². The zero-order valence-electron chi connectivity index (χ0n) is 18.8. The molecule has 0 radical (unpaired) electrons. The van der Waals surface area contributed by atoms with Crippen molar-refractivity contribution in [1.82, 2.24) is 29.7 Å². The smallest absolute Gasteiger partial charge is 0.319 e. The number of halogens is 2. The Morgan fingerprint density at radius 3 is 2.89 bits per heavy atom. The first-order valence-electron chi connectivity index (χ1n) is 10.9. The fraction of sp³-hybridized carbons (Fsp3) is 0.429. The van der Waals surface area contributed by atoms with E-state index in [0.29, 0.717) is 42.9 Å². The molecule has 3 heterocycles. The summed E-state index contributed by atoms with van der Waals surface area (Å²) in [5.41, 5.74) is 6.98. The highest BCUT2D eigenvalue weighted by atomic mass is 35.5. The van der Waals surface area contributed by atoms with E-state index in [0.717, 1.165) is 0 Å². The van der Waals surface area contributed by atoms with E-state index in [1.165, 1.54) is 35.4 Å². The number of aromatic nitrogens is 4. The number of nitrogen functional groups attached to an aromatic ring is 1. The monoisotopic (exact) mass is 508 g/mol. The van der Waals surface area contributed by atoms with Gasteiger partial charge in [0.05, 0.1) is 11.3 Å². The van der Waals surface area contributed by atoms with Crippen molar-refractivity contribution in [3.8, 4) is 0 Å². The van der Waals surface area contributed by atoms with E-state index in [1.54, 1.807) is 0 Å². The largest absolute Gasteiger partial charge is 0.387 e. The van der Waals surface area contributed by atoms with Gasteiger partial charge in [-0.2, -0.15) is 0 Å². The highest BCUT2D eigenvalue weighted by Gasteiger charge is 2.44. The number of aliphatic hydroxyl groups excluding tert-OH is 2. The van der Waals surface area contributed by atoms with Gasteiger partial charge in [0.1, 0.15) is 36.0 Å². The van der Waals surface area contributed by atoms with Gasteiger partial charge in [-0.05, 0) is 38.2 Å². The van der Waals surface area contributed by atoms with Crippen LogP contribution in [0.3, 0.4) is 0 Å². The molecule has 1 aliphatic rings. The summed E-state index contributed by atoms with van der Waals surface area (Å²) in [6.45, 7) is 1.32. The van der Waals surface area contributed by atoms with Crippen LogP contribution in [0.4, 0.5) is 20.7 Å². The maximum atomic E-state index is 13.2. The molecule has 2 aromatic heterocycles. The average molecular weight is 509 g/mol. The number of nitrogens with one attached hydrogen (secondary N) is 2. The predicted octanol–water partition coefficient (Wildman–Crippen LogP) is 0.964. The number of ether oxygens (including phenoxy) is 1. The molecule has 2 amide bonds. The molecular weight excluding hydrogens is 483 g/mol. The van der Waals surface area contributed by atoms with Gasteiger partial charge in [-0.3, -0.25) is 4.57 Å². The number of hydrogen-bond acceptors (Lipinski definition) is 9. The highest BCUT2D eigenvalue weighted by molar-refractivity contribution is 6.31. The van der Waals surface area contributed by atoms with Crippen molar-refractivity contribution in [2.45, 2.75) is 31.0 Å². The molecule has 1 aliphatic heterocycles. The molecule has 188 valence electrons. The lowest BCUT2D eigenvalue weighted by Crippen LogP contribution is -2.39. The molecule has 4 atom stereocenters. The van der Waals surface area contributed by atoms with E-state index in [9.17, 15) is 19.4 Å². The summed E-state index contributed by atoms with van der Waals surface area (Å²) in [4.78, 5) is 26.1. The molecule has 0 spiro atoms. The van der Waals surface area contributed by atoms with Gasteiger partial charge in [-0.25, -0.2) is 24.1 Å². The van der Waals surface area contributed by atoms with Crippen LogP contribution in [0.25, 0.3) is 11.2 Å². The number of carbonyl (C=O) groups excluding carboxylic acids is 1. The lowest BCUT2D eigenvalue weighted by Gasteiger charge is -2.22. The van der Waals surface area contributed by atoms with E-state index in [4.69, 9.17) is 22.1 Å². The Kier molecular flexibility index (Phi) is 7.62. The first-order chi connectivity index (χ1) is 16.7. The van der Waals surface area contributed by atoms with Crippen LogP contribution in [-0.2, 0) is 4.74 Å². The zero-order chi connectivity index (χ0) is 25.1. The maximum Gasteiger partial charge on any atom is 0.319 e. The van der Waals surface area contributed by atoms with Gasteiger partial charge in [-0.15, -0.1) is 0 Å². The van der Waals surface area contributed by atoms with Gasteiger partial charge in [0.25, 0.3) is 0 Å². The standard InChI is InChI=1S/C21H26ClFN8O4/c1-30(6-2-5-25-21(34)29-11-3-4-13(23)12(22)7-11)8-14-16(32)17(33)20(35-14)31-10-28-15-18(24)26-9-27-19(15)31/h3-4,7,9-10,14,16-17,20,32-33H,2,5-6,8H2,1H3,(H2,24,26,27)(H2,25,29,34)/t14-,16-,17-,20?/m1/s1. The van der Waals surface area contributed by atoms with Crippen LogP contribution < -0.4 is 16.4 Å². The summed E-state index contributed by atoms with van der Waals surface area (Å²) in [5.74, 6) is -0.352. The Labute approximate surface area is 204 Å². The van der Waals surface area contributed by atoms with Gasteiger partial charge >= 0.3 is 6.03 Å². The number of carbonyl (C=O) groups is 1. The number of aliphatic hydroxyl groups is 2. The van der Waals surface area contributed by atoms with E-state index in [1.807, 2.05) is 11.9 Å². The van der Waals surface area contributed by atoms with Crippen LogP contribution >= 0.6 is 11.6 Å². The third kappa shape index (κ3) is 5.60. The fourth-order valence-corrected chi connectivity index (χ4v) is 4.05. The number of anilines is 2. The van der Waals surface area contributed by atoms with Crippen molar-refractivity contribution in [3.63, 3.8) is 0 Å². The van der Waals surface area contributed by atoms with Crippen molar-refractivity contribution in [2.75, 3.05) is 37.7 Å². The predicted molar refractivity (Wildman–Crippen MR) is 126 cm³/mol. The molecule has 12 nitrogen and oxygen atoms in total. The third-order valence-corrected chi connectivity index (χ3v) is 5.96. The summed E-state index contributed by atoms with van der Waals surface area (Å²) in [6.07, 6.45) is -0.492. The number of imidazole rings is 1. The van der Waals surface area contributed by atoms with Crippen molar-refractivity contribution in [3.05, 3.63) is 41.7 Å². The molecule has 0 aliphatic carbocycles. The van der Waals surface area contributed by atoms with Crippen LogP contribution in [0.1, 0.15) is 12.6 Å². The summed E-state index contributed by atoms with van der Waals surface area (Å²) in [6, 6.07) is 3.48. The Morgan fingerprint density at radius 1 is 1.31 bits per heavy atom. The quantitative estimate of drug-likeness (QED) is 0.279. The first-order valence-corrected chi connectivity index (χ1v) is 11.3. The minimum absolute atomic E-state index is 0.0771. The van der Waals surface area contributed by atoms with Gasteiger partial charge in [0, 0.05) is 18.8 Å². The van der Waals surface area contributed by atoms with Crippen molar-refractivity contribution >= 4 is 40.3 Å². The van der Waals surface area contributed by atoms with E-state index >= 15 is 0 Å². The molecule has 0 saturated carbocycles. The van der Waals surface area contributed by atoms with Gasteiger partial charge in [0.2, 0.25) is 0 Å². The van der Waals surface area contributed by atoms with E-state index in [2.05, 4.69) is 25.6 Å². The Morgan fingerprint density at radius 2 is 2.11 bits per heavy atom. The second-order valence-corrected chi connectivity index (χ2v) is 8.66. The minimum atomic E-state index is -1.19. The molecule has 1 saturated heterocycles. The Bertz CT molecular complexity index is 1200. The van der Waals surface area contributed by atoms with E-state index in [-0.39, 0.29) is 10.8 Å². The number of benzene rings is 1. The van der Waals surface area contributed by atoms with Crippen molar-refractivity contribution in [1.29, 1.82) is 0 Å². The maximum absolute atomic E-state index is 13.2. The SMILES string of the molecule is CN(CCCNC(=O)Nc1ccc(F)c(Cl)c1)C[C@H]1OC(n2cnc3c(N)ncnc32)[C@H](O)[C@@H]1O. The summed E-state index contributed by atoms with van der Waals surface area (Å²) < 4.78 is 20.7. The van der Waals surface area contributed by atoms with Gasteiger partial charge in [0.15, 0.2) is 17.7 Å². The second-order valence-electron chi connectivity index (χ2n) is 8.25. The molecule has 14 heteroatoms. The molecule has 3 aromatic rings. The molecule has 1 aromatic carbocycles. The minimum Gasteiger partial charge on any atom is -0.387 e. The zero-order valence-corrected chi connectivity index (χ0v) is 19.6. The van der Waals surface area contributed by atoms with Gasteiger partial charge < -0.3 is 36.2 Å². The number of nitrogens with two attached hydrogens (primary N) is 1. The molecule has 1 unspecified atom stereocenters. The van der Waals surface area contributed by atoms with Crippen LogP contribution in [0.2, 0.25) is 5.02 Å². The summed E-state index contributed by atoms with van der Waals surface area (Å²) in [7, 11) is 1.84. The molecule has 35 heavy (non-hydrogen) atoms. The van der Waals surface area contributed by atoms with Crippen LogP contribution in [-0.4, -0.2) is 85.7 Å². The lowest BCUT2D eigenvalue weighted by molar-refractivity contribution is -0.0421. The van der Waals surface area contributed by atoms with Crippen molar-refractivity contribution in [2.24, 2.45) is 0 Å². The molecule has 6 N–H and O–H groups in total. The lowest BCUT2D eigenvalue weighted by atomic mass is 10.1. The molecule has 0 bridgehead atoms. The number of urea groups is 1. The number of fused-ring (bicyclic) bond motifs is 1. The number of rotatable bonds is 8. The number of nitrogens with zero attached hydrogens (tertiary/aromatic N) is 5. The molecule has 4 rings (SSSR count). The summed E-state index contributed by atoms with van der Waals surface area (Å²) in [5, 5.41) is 26.3. The topological polar surface area (TPSA) is 164 Å². The van der Waals surface area contributed by atoms with Gasteiger partial charge in [-0.1, -0.05) is 11.6 Å². The second kappa shape index (κ2) is 10.7. The van der Waals surface area contributed by atoms with Crippen molar-refractivity contribution < 1.29 is 24.1 Å². The fourth-order valence-electron chi connectivity index (χ4n) is 3.86. The Hall–Kier alpha value is -3.10. The first kappa shape index (κ1) is 25.0. The summed E-state index contributed by atoms with van der Waals surface area (Å²) >= 11 is 5.71. The van der Waals surface area contributed by atoms with Crippen LogP contribution in [0.15, 0.2) is 30.9 Å². The normalized spacial score (nSPS) is 22.1. The van der Waals surface area contributed by atoms with Crippen LogP contribution in [0.5, 0.6) is 0 Å². The number of amides is 2. The third-order valence-electron chi connectivity index (χ3n) is 5.67. The molecular formula is C21H26ClFN8O4. The average Bonchev–Trinajstić information content (AvgIpc) is 3.37. The number of hydrogen-bond donors (Lipinski definition) is 5.